The van der Waals surface area contributed by atoms with E-state index in [1.807, 2.05) is 0 Å². The lowest BCUT2D eigenvalue weighted by Gasteiger charge is -2.44. The van der Waals surface area contributed by atoms with Gasteiger partial charge in [0.1, 0.15) is 24.0 Å². The largest absolute Gasteiger partial charge is 0.466 e. The number of methoxy groups -OCH3 is 1. The van der Waals surface area contributed by atoms with Gasteiger partial charge in [0, 0.05) is 31.6 Å². The van der Waals surface area contributed by atoms with Crippen molar-refractivity contribution in [1.29, 1.82) is 0 Å². The summed E-state index contributed by atoms with van der Waals surface area (Å²) in [6.07, 6.45) is 11.5. The highest BCUT2D eigenvalue weighted by molar-refractivity contribution is 6.00. The molecule has 2 saturated carbocycles. The number of amides is 3. The first-order chi connectivity index (χ1) is 20.0. The number of ether oxygens (including phenoxy) is 1. The lowest BCUT2D eigenvalue weighted by molar-refractivity contribution is -0.134. The number of nitrogens with two attached hydrogens (primary N) is 2. The molecule has 2 aliphatic rings. The normalized spacial score (nSPS) is 22.6. The lowest BCUT2D eigenvalue weighted by Crippen LogP contribution is -2.50. The van der Waals surface area contributed by atoms with E-state index in [1.165, 1.54) is 62.2 Å². The summed E-state index contributed by atoms with van der Waals surface area (Å²) in [6.45, 7) is 1.99. The number of fused-ring (bicyclic) bond motifs is 2. The van der Waals surface area contributed by atoms with Crippen molar-refractivity contribution >= 4 is 29.4 Å². The average Bonchev–Trinajstić information content (AvgIpc) is 2.94. The maximum absolute atomic E-state index is 13.2. The fraction of sp³-hybridized carbons (Fsp3) is 0.552. The minimum absolute atomic E-state index is 0.0500. The highest BCUT2D eigenvalue weighted by Crippen LogP contribution is 2.42. The first-order valence-electron chi connectivity index (χ1n) is 14.3. The monoisotopic (exact) mass is 585 g/mol. The number of aromatic nitrogens is 1. The molecule has 0 aromatic carbocycles. The summed E-state index contributed by atoms with van der Waals surface area (Å²) in [5, 5.41) is 9.34. The van der Waals surface area contributed by atoms with Gasteiger partial charge in [-0.1, -0.05) is 25.8 Å². The molecule has 2 bridgehead atoms. The molecule has 2 fully saturated rings. The first-order valence-corrected chi connectivity index (χ1v) is 14.3. The van der Waals surface area contributed by atoms with Crippen molar-refractivity contribution in [2.24, 2.45) is 29.3 Å². The molecule has 1 aromatic heterocycles. The predicted molar refractivity (Wildman–Crippen MR) is 157 cm³/mol. The number of hydrogen-bond acceptors (Lipinski definition) is 9. The quantitative estimate of drug-likeness (QED) is 0.102. The molecule has 2 aliphatic carbocycles. The van der Waals surface area contributed by atoms with E-state index in [4.69, 9.17) is 11.6 Å². The zero-order valence-electron chi connectivity index (χ0n) is 24.5. The third-order valence-corrected chi connectivity index (χ3v) is 7.87. The predicted octanol–water partition coefficient (Wildman–Crippen LogP) is 0.718. The maximum atomic E-state index is 13.2. The van der Waals surface area contributed by atoms with E-state index < -0.39 is 29.4 Å². The molecule has 0 saturated heterocycles. The second-order valence-electron chi connectivity index (χ2n) is 11.2. The molecule has 3 amide bonds. The van der Waals surface area contributed by atoms with Gasteiger partial charge in [0.2, 0.25) is 11.8 Å². The van der Waals surface area contributed by atoms with Crippen molar-refractivity contribution in [3.8, 4) is 0 Å². The van der Waals surface area contributed by atoms with Crippen molar-refractivity contribution in [3.63, 3.8) is 0 Å². The Kier molecular flexibility index (Phi) is 11.7. The van der Waals surface area contributed by atoms with Crippen LogP contribution in [0.1, 0.15) is 51.9 Å². The zero-order chi connectivity index (χ0) is 30.8. The van der Waals surface area contributed by atoms with E-state index in [1.54, 1.807) is 6.07 Å². The van der Waals surface area contributed by atoms with Gasteiger partial charge < -0.3 is 36.0 Å². The molecule has 1 heterocycles. The first kappa shape index (κ1) is 32.4. The van der Waals surface area contributed by atoms with Crippen LogP contribution in [0.5, 0.6) is 0 Å². The summed E-state index contributed by atoms with van der Waals surface area (Å²) >= 11 is 0. The molecule has 13 nitrogen and oxygen atoms in total. The van der Waals surface area contributed by atoms with Gasteiger partial charge in [0.25, 0.3) is 11.5 Å². The molecular formula is C29H43N7O6. The Bertz CT molecular complexity index is 1260. The summed E-state index contributed by atoms with van der Waals surface area (Å²) in [5.74, 6) is 4.85. The van der Waals surface area contributed by atoms with Crippen molar-refractivity contribution in [2.75, 3.05) is 19.5 Å². The zero-order valence-corrected chi connectivity index (χ0v) is 24.5. The third-order valence-electron chi connectivity index (χ3n) is 7.87. The summed E-state index contributed by atoms with van der Waals surface area (Å²) in [5.41, 5.74) is 4.91. The summed E-state index contributed by atoms with van der Waals surface area (Å²) < 4.78 is 5.80. The number of allylic oxidation sites excluding steroid dienone is 1. The number of rotatable bonds is 12. The molecule has 42 heavy (non-hydrogen) atoms. The topological polar surface area (TPSA) is 191 Å². The minimum atomic E-state index is -1.11. The van der Waals surface area contributed by atoms with Crippen LogP contribution in [0, 0.1) is 17.8 Å². The number of esters is 1. The van der Waals surface area contributed by atoms with Crippen molar-refractivity contribution < 1.29 is 23.9 Å². The van der Waals surface area contributed by atoms with Crippen molar-refractivity contribution in [1.82, 2.24) is 20.2 Å². The second kappa shape index (κ2) is 15.2. The molecule has 0 aliphatic heterocycles. The van der Waals surface area contributed by atoms with E-state index in [2.05, 4.69) is 27.6 Å². The van der Waals surface area contributed by atoms with Gasteiger partial charge in [-0.15, -0.1) is 0 Å². The number of pyridine rings is 1. The number of nitrogens with one attached hydrogen (secondary N) is 3. The molecule has 7 N–H and O–H groups in total. The van der Waals surface area contributed by atoms with Gasteiger partial charge in [0.05, 0.1) is 7.11 Å². The highest BCUT2D eigenvalue weighted by atomic mass is 16.5. The fourth-order valence-corrected chi connectivity index (χ4v) is 5.93. The van der Waals surface area contributed by atoms with Crippen molar-refractivity contribution in [3.05, 3.63) is 52.7 Å². The Morgan fingerprint density at radius 1 is 1.24 bits per heavy atom. The lowest BCUT2D eigenvalue weighted by atomic mass is 9.65. The Morgan fingerprint density at radius 3 is 2.71 bits per heavy atom. The molecule has 0 spiro atoms. The highest BCUT2D eigenvalue weighted by Gasteiger charge is 2.38. The molecule has 1 aromatic rings. The van der Waals surface area contributed by atoms with Gasteiger partial charge in [-0.2, -0.15) is 0 Å². The van der Waals surface area contributed by atoms with Crippen LogP contribution < -0.4 is 33.1 Å². The van der Waals surface area contributed by atoms with Crippen LogP contribution in [0.15, 0.2) is 47.2 Å². The summed E-state index contributed by atoms with van der Waals surface area (Å²) in [7, 11) is 2.72. The molecule has 13 heteroatoms. The molecule has 230 valence electrons. The number of hydrazine groups is 1. The van der Waals surface area contributed by atoms with Crippen LogP contribution in [0.4, 0.5) is 5.69 Å². The van der Waals surface area contributed by atoms with Crippen LogP contribution in [0.25, 0.3) is 0 Å². The smallest absolute Gasteiger partial charge is 0.330 e. The van der Waals surface area contributed by atoms with Gasteiger partial charge in [-0.05, 0) is 62.0 Å². The number of nitrogens with zero attached hydrogens (tertiary/aromatic N) is 2. The standard InChI is InChI=1S/C29H43N7O6/c1-18-14-19-8-6-9-20(15-19)26(18)34-24(37)17-36-13-7-11-23(29(36)41)33-28(40)22(10-4-5-12-25(38)42-3)32-27(39)21(30)16-35(2)31/h5,7,11-13,16,18-20,22,26H,4,6,8-10,14-15,17,30-31H2,1-3H3,(H,32,39)(H,33,40)(H,34,37)/b12-5+,21-16-. The van der Waals surface area contributed by atoms with Crippen LogP contribution in [-0.2, 0) is 30.5 Å². The Morgan fingerprint density at radius 2 is 2.00 bits per heavy atom. The van der Waals surface area contributed by atoms with E-state index in [9.17, 15) is 24.0 Å². The van der Waals surface area contributed by atoms with Crippen molar-refractivity contribution in [2.45, 2.75) is 70.5 Å². The van der Waals surface area contributed by atoms with E-state index in [-0.39, 0.29) is 42.7 Å². The van der Waals surface area contributed by atoms with Gasteiger partial charge in [-0.25, -0.2) is 10.6 Å². The summed E-state index contributed by atoms with van der Waals surface area (Å²) in [4.78, 5) is 63.3. The van der Waals surface area contributed by atoms with Crippen LogP contribution >= 0.6 is 0 Å². The van der Waals surface area contributed by atoms with Gasteiger partial charge in [0.15, 0.2) is 0 Å². The Balaban J connectivity index is 1.69. The molecule has 3 rings (SSSR count). The number of hydrogen-bond donors (Lipinski definition) is 5. The minimum Gasteiger partial charge on any atom is -0.466 e. The van der Waals surface area contributed by atoms with Crippen LogP contribution in [-0.4, -0.2) is 59.5 Å². The van der Waals surface area contributed by atoms with E-state index in [0.717, 1.165) is 30.2 Å². The molecular weight excluding hydrogens is 542 g/mol. The second-order valence-corrected chi connectivity index (χ2v) is 11.2. The molecule has 5 atom stereocenters. The van der Waals surface area contributed by atoms with E-state index >= 15 is 0 Å². The number of carbonyl (C=O) groups excluding carboxylic acids is 4. The Labute approximate surface area is 245 Å². The SMILES string of the molecule is COC(=O)/C=C/CCC(NC(=O)/C(N)=C/N(C)N)C(=O)Nc1cccn(CC(=O)NC2C(C)CC3CCCC2C3)c1=O. The Hall–Kier alpha value is -4.13. The van der Waals surface area contributed by atoms with Crippen LogP contribution in [0.2, 0.25) is 0 Å². The summed E-state index contributed by atoms with van der Waals surface area (Å²) in [6, 6.07) is 1.96. The van der Waals surface area contributed by atoms with E-state index in [0.29, 0.717) is 11.8 Å². The third kappa shape index (κ3) is 9.20. The molecule has 0 radical (unpaired) electrons. The number of anilines is 1. The average molecular weight is 586 g/mol. The van der Waals surface area contributed by atoms with Crippen LogP contribution in [0.3, 0.4) is 0 Å². The van der Waals surface area contributed by atoms with Gasteiger partial charge in [-0.3, -0.25) is 19.2 Å². The maximum Gasteiger partial charge on any atom is 0.330 e. The van der Waals surface area contributed by atoms with Gasteiger partial charge >= 0.3 is 5.97 Å². The number of carbonyl (C=O) groups is 4. The molecule has 5 unspecified atom stereocenters. The fourth-order valence-electron chi connectivity index (χ4n) is 5.93.